The molecule has 0 bridgehead atoms. The molecule has 0 spiro atoms. The van der Waals surface area contributed by atoms with Crippen molar-refractivity contribution in [3.63, 3.8) is 0 Å². The predicted molar refractivity (Wildman–Crippen MR) is 52.4 cm³/mol. The number of carbonyl (C=O) groups is 2. The van der Waals surface area contributed by atoms with Gasteiger partial charge in [-0.1, -0.05) is 13.2 Å². The highest BCUT2D eigenvalue weighted by atomic mass is 16.5. The van der Waals surface area contributed by atoms with Gasteiger partial charge in [0.1, 0.15) is 6.61 Å². The molecule has 0 rings (SSSR count). The van der Waals surface area contributed by atoms with Crippen LogP contribution in [0.1, 0.15) is 0 Å². The van der Waals surface area contributed by atoms with Crippen LogP contribution in [0.3, 0.4) is 0 Å². The van der Waals surface area contributed by atoms with Crippen LogP contribution in [0.4, 0.5) is 0 Å². The minimum absolute atomic E-state index is 0.269. The summed E-state index contributed by atoms with van der Waals surface area (Å²) in [5.41, 5.74) is 5.02. The van der Waals surface area contributed by atoms with Crippen LogP contribution in [0.15, 0.2) is 25.3 Å². The van der Waals surface area contributed by atoms with Crippen LogP contribution in [0, 0.1) is 0 Å². The molecule has 0 aliphatic heterocycles. The van der Waals surface area contributed by atoms with Crippen molar-refractivity contribution in [2.24, 2.45) is 5.73 Å². The fourth-order valence-electron chi connectivity index (χ4n) is 0.302. The highest BCUT2D eigenvalue weighted by Crippen LogP contribution is 1.74. The van der Waals surface area contributed by atoms with Gasteiger partial charge in [0.25, 0.3) is 0 Å². The monoisotopic (exact) mass is 201 g/mol. The van der Waals surface area contributed by atoms with Crippen molar-refractivity contribution in [3.8, 4) is 0 Å². The van der Waals surface area contributed by atoms with Crippen LogP contribution >= 0.6 is 0 Å². The third-order valence-electron chi connectivity index (χ3n) is 0.897. The second-order valence-electron chi connectivity index (χ2n) is 1.89. The molecule has 0 aromatic heterocycles. The lowest BCUT2D eigenvalue weighted by Crippen LogP contribution is -2.11. The van der Waals surface area contributed by atoms with Crippen LogP contribution in [-0.2, 0) is 19.1 Å². The number of hydrogen-bond acceptors (Lipinski definition) is 5. The van der Waals surface area contributed by atoms with E-state index in [9.17, 15) is 9.59 Å². The minimum Gasteiger partial charge on any atom is -0.466 e. The lowest BCUT2D eigenvalue weighted by molar-refractivity contribution is -0.137. The average molecular weight is 201 g/mol. The van der Waals surface area contributed by atoms with Crippen molar-refractivity contribution in [1.82, 2.24) is 0 Å². The maximum absolute atomic E-state index is 10.2. The van der Waals surface area contributed by atoms with Crippen LogP contribution in [0.5, 0.6) is 0 Å². The first kappa shape index (κ1) is 14.9. The van der Waals surface area contributed by atoms with Crippen molar-refractivity contribution < 1.29 is 19.1 Å². The van der Waals surface area contributed by atoms with Gasteiger partial charge in [-0.3, -0.25) is 0 Å². The van der Waals surface area contributed by atoms with Gasteiger partial charge in [0.15, 0.2) is 0 Å². The Bertz CT molecular complexity index is 201. The summed E-state index contributed by atoms with van der Waals surface area (Å²) in [5, 5.41) is 0. The number of rotatable bonds is 4. The quantitative estimate of drug-likeness (QED) is 0.512. The van der Waals surface area contributed by atoms with Gasteiger partial charge in [-0.05, 0) is 0 Å². The summed E-state index contributed by atoms with van der Waals surface area (Å²) < 4.78 is 8.60. The molecule has 0 aliphatic carbocycles. The zero-order valence-electron chi connectivity index (χ0n) is 8.19. The molecule has 0 atom stereocenters. The Balaban J connectivity index is 0. The SMILES string of the molecule is C=CC(=O)OC.C=CC(=O)OCCN. The molecule has 0 saturated heterocycles. The van der Waals surface area contributed by atoms with E-state index < -0.39 is 11.9 Å². The van der Waals surface area contributed by atoms with Gasteiger partial charge in [0.05, 0.1) is 7.11 Å². The summed E-state index contributed by atoms with van der Waals surface area (Å²) in [6, 6.07) is 0. The fraction of sp³-hybridized carbons (Fsp3) is 0.333. The molecule has 0 fully saturated rings. The molecule has 0 aromatic carbocycles. The molecular formula is C9H15NO4. The summed E-state index contributed by atoms with van der Waals surface area (Å²) in [6.45, 7) is 6.98. The van der Waals surface area contributed by atoms with E-state index in [4.69, 9.17) is 5.73 Å². The maximum Gasteiger partial charge on any atom is 0.330 e. The molecule has 0 aliphatic rings. The van der Waals surface area contributed by atoms with E-state index in [1.54, 1.807) is 0 Å². The van der Waals surface area contributed by atoms with Crippen molar-refractivity contribution in [3.05, 3.63) is 25.3 Å². The molecule has 5 nitrogen and oxygen atoms in total. The number of nitrogens with two attached hydrogens (primary N) is 1. The van der Waals surface area contributed by atoms with Crippen LogP contribution in [0.25, 0.3) is 0 Å². The Morgan fingerprint density at radius 2 is 1.79 bits per heavy atom. The highest BCUT2D eigenvalue weighted by molar-refractivity contribution is 5.81. The van der Waals surface area contributed by atoms with E-state index in [-0.39, 0.29) is 6.61 Å². The number of esters is 2. The Kier molecular flexibility index (Phi) is 12.1. The molecule has 0 aromatic rings. The largest absolute Gasteiger partial charge is 0.466 e. The van der Waals surface area contributed by atoms with E-state index in [1.807, 2.05) is 0 Å². The first-order valence-electron chi connectivity index (χ1n) is 3.82. The van der Waals surface area contributed by atoms with E-state index in [2.05, 4.69) is 22.6 Å². The van der Waals surface area contributed by atoms with E-state index >= 15 is 0 Å². The summed E-state index contributed by atoms with van der Waals surface area (Å²) in [4.78, 5) is 20.0. The standard InChI is InChI=1S/C5H9NO2.C4H6O2/c1-2-5(7)8-4-3-6;1-3-4(5)6-2/h2H,1,3-4,6H2;3H,1H2,2H3. The Hall–Kier alpha value is -1.62. The molecule has 5 heteroatoms. The van der Waals surface area contributed by atoms with E-state index in [0.29, 0.717) is 6.54 Å². The van der Waals surface area contributed by atoms with Crippen LogP contribution in [-0.4, -0.2) is 32.2 Å². The minimum atomic E-state index is -0.421. The van der Waals surface area contributed by atoms with E-state index in [1.165, 1.54) is 7.11 Å². The van der Waals surface area contributed by atoms with Gasteiger partial charge in [-0.15, -0.1) is 0 Å². The zero-order chi connectivity index (χ0) is 11.4. The maximum atomic E-state index is 10.2. The van der Waals surface area contributed by atoms with Gasteiger partial charge >= 0.3 is 11.9 Å². The molecule has 0 saturated carbocycles. The predicted octanol–water partition coefficient (Wildman–Crippen LogP) is 0.0197. The topological polar surface area (TPSA) is 78.6 Å². The molecular weight excluding hydrogens is 186 g/mol. The van der Waals surface area contributed by atoms with Crippen molar-refractivity contribution >= 4 is 11.9 Å². The van der Waals surface area contributed by atoms with Gasteiger partial charge < -0.3 is 15.2 Å². The second kappa shape index (κ2) is 11.4. The van der Waals surface area contributed by atoms with Gasteiger partial charge in [-0.2, -0.15) is 0 Å². The van der Waals surface area contributed by atoms with E-state index in [0.717, 1.165) is 12.2 Å². The fourth-order valence-corrected chi connectivity index (χ4v) is 0.302. The normalized spacial score (nSPS) is 7.57. The highest BCUT2D eigenvalue weighted by Gasteiger charge is 1.89. The van der Waals surface area contributed by atoms with Gasteiger partial charge in [0, 0.05) is 18.7 Å². The smallest absolute Gasteiger partial charge is 0.330 e. The molecule has 0 heterocycles. The summed E-state index contributed by atoms with van der Waals surface area (Å²) in [6.07, 6.45) is 2.22. The Morgan fingerprint density at radius 3 is 2.00 bits per heavy atom. The summed E-state index contributed by atoms with van der Waals surface area (Å²) >= 11 is 0. The van der Waals surface area contributed by atoms with Crippen molar-refractivity contribution in [1.29, 1.82) is 0 Å². The first-order valence-corrected chi connectivity index (χ1v) is 3.82. The van der Waals surface area contributed by atoms with Crippen molar-refractivity contribution in [2.75, 3.05) is 20.3 Å². The number of carbonyl (C=O) groups excluding carboxylic acids is 2. The average Bonchev–Trinajstić information content (AvgIpc) is 2.25. The molecule has 80 valence electrons. The number of ether oxygens (including phenoxy) is 2. The molecule has 14 heavy (non-hydrogen) atoms. The zero-order valence-corrected chi connectivity index (χ0v) is 8.19. The molecule has 0 radical (unpaired) electrons. The third-order valence-corrected chi connectivity index (χ3v) is 0.897. The lowest BCUT2D eigenvalue weighted by Gasteiger charge is -1.94. The number of hydrogen-bond donors (Lipinski definition) is 1. The summed E-state index contributed by atoms with van der Waals surface area (Å²) in [7, 11) is 1.31. The van der Waals surface area contributed by atoms with Crippen LogP contribution < -0.4 is 5.73 Å². The Labute approximate surface area is 83.2 Å². The van der Waals surface area contributed by atoms with Crippen molar-refractivity contribution in [2.45, 2.75) is 0 Å². The second-order valence-corrected chi connectivity index (χ2v) is 1.89. The van der Waals surface area contributed by atoms with Gasteiger partial charge in [0.2, 0.25) is 0 Å². The number of methoxy groups -OCH3 is 1. The third kappa shape index (κ3) is 13.0. The van der Waals surface area contributed by atoms with Gasteiger partial charge in [-0.25, -0.2) is 9.59 Å². The molecule has 2 N–H and O–H groups in total. The molecule has 0 amide bonds. The Morgan fingerprint density at radius 1 is 1.29 bits per heavy atom. The molecule has 0 unspecified atom stereocenters. The first-order chi connectivity index (χ1) is 6.62. The summed E-state index contributed by atoms with van der Waals surface area (Å²) in [5.74, 6) is -0.814. The van der Waals surface area contributed by atoms with Crippen LogP contribution in [0.2, 0.25) is 0 Å². The lowest BCUT2D eigenvalue weighted by atomic mass is 10.6.